The van der Waals surface area contributed by atoms with Crippen LogP contribution in [-0.4, -0.2) is 10.8 Å². The zero-order chi connectivity index (χ0) is 14.0. The number of rotatable bonds is 3. The summed E-state index contributed by atoms with van der Waals surface area (Å²) in [6.07, 6.45) is 0. The van der Waals surface area contributed by atoms with Crippen molar-refractivity contribution in [3.63, 3.8) is 0 Å². The Kier molecular flexibility index (Phi) is 3.91. The summed E-state index contributed by atoms with van der Waals surface area (Å²) in [6.45, 7) is 0. The third-order valence-electron chi connectivity index (χ3n) is 2.23. The fourth-order valence-electron chi connectivity index (χ4n) is 1.39. The lowest BCUT2D eigenvalue weighted by Gasteiger charge is -2.04. The molecule has 1 aromatic heterocycles. The number of nitrogens with zero attached hydrogens (tertiary/aromatic N) is 1. The average molecular weight is 345 g/mol. The summed E-state index contributed by atoms with van der Waals surface area (Å²) in [7, 11) is 0. The van der Waals surface area contributed by atoms with Crippen LogP contribution in [-0.2, 0) is 0 Å². The van der Waals surface area contributed by atoms with E-state index in [-0.39, 0.29) is 5.69 Å². The lowest BCUT2D eigenvalue weighted by atomic mass is 10.2. The SMILES string of the molecule is O=C(Nc1ccc(F)cc1[N+](=O)[O-])c1csc(Br)c1. The molecule has 1 amide bonds. The number of benzene rings is 1. The monoisotopic (exact) mass is 344 g/mol. The first-order valence-corrected chi connectivity index (χ1v) is 6.64. The fraction of sp³-hybridized carbons (Fsp3) is 0. The minimum atomic E-state index is -0.748. The number of nitro benzene ring substituents is 1. The standard InChI is InChI=1S/C11H6BrFN2O3S/c12-10-3-6(5-19-10)11(16)14-8-2-1-7(13)4-9(8)15(17)18/h1-5H,(H,14,16). The van der Waals surface area contributed by atoms with E-state index in [4.69, 9.17) is 0 Å². The van der Waals surface area contributed by atoms with Crippen LogP contribution in [0.3, 0.4) is 0 Å². The van der Waals surface area contributed by atoms with Crippen LogP contribution in [0.2, 0.25) is 0 Å². The molecule has 0 spiro atoms. The Balaban J connectivity index is 2.28. The molecule has 98 valence electrons. The second-order valence-electron chi connectivity index (χ2n) is 3.51. The molecule has 1 N–H and O–H groups in total. The molecule has 1 heterocycles. The predicted molar refractivity (Wildman–Crippen MR) is 73.0 cm³/mol. The van der Waals surface area contributed by atoms with Crippen molar-refractivity contribution in [2.75, 3.05) is 5.32 Å². The molecule has 8 heteroatoms. The Morgan fingerprint density at radius 2 is 2.16 bits per heavy atom. The van der Waals surface area contributed by atoms with Crippen molar-refractivity contribution in [1.82, 2.24) is 0 Å². The molecule has 0 aliphatic carbocycles. The summed E-state index contributed by atoms with van der Waals surface area (Å²) < 4.78 is 13.7. The average Bonchev–Trinajstić information content (AvgIpc) is 2.78. The molecular weight excluding hydrogens is 339 g/mol. The van der Waals surface area contributed by atoms with Crippen LogP contribution in [0.5, 0.6) is 0 Å². The molecule has 2 rings (SSSR count). The van der Waals surface area contributed by atoms with Gasteiger partial charge in [0.25, 0.3) is 11.6 Å². The Bertz CT molecular complexity index is 659. The maximum atomic E-state index is 12.9. The van der Waals surface area contributed by atoms with Crippen molar-refractivity contribution in [1.29, 1.82) is 0 Å². The first-order chi connectivity index (χ1) is 8.97. The lowest BCUT2D eigenvalue weighted by Crippen LogP contribution is -2.12. The van der Waals surface area contributed by atoms with Crippen molar-refractivity contribution in [2.24, 2.45) is 0 Å². The number of carbonyl (C=O) groups is 1. The first-order valence-electron chi connectivity index (χ1n) is 4.96. The highest BCUT2D eigenvalue weighted by Gasteiger charge is 2.18. The molecule has 0 bridgehead atoms. The molecular formula is C11H6BrFN2O3S. The molecule has 0 unspecified atom stereocenters. The normalized spacial score (nSPS) is 10.2. The Labute approximate surface area is 119 Å². The Morgan fingerprint density at radius 1 is 1.42 bits per heavy atom. The highest BCUT2D eigenvalue weighted by molar-refractivity contribution is 9.11. The van der Waals surface area contributed by atoms with Gasteiger partial charge in [0.2, 0.25) is 0 Å². The maximum absolute atomic E-state index is 12.9. The van der Waals surface area contributed by atoms with Crippen molar-refractivity contribution < 1.29 is 14.1 Å². The minimum absolute atomic E-state index is 0.0428. The number of hydrogen-bond donors (Lipinski definition) is 1. The highest BCUT2D eigenvalue weighted by Crippen LogP contribution is 2.27. The number of amides is 1. The molecule has 1 aromatic carbocycles. The van der Waals surface area contributed by atoms with Gasteiger partial charge in [-0.1, -0.05) is 0 Å². The third kappa shape index (κ3) is 3.15. The third-order valence-corrected chi connectivity index (χ3v) is 3.74. The van der Waals surface area contributed by atoms with Crippen LogP contribution in [0.15, 0.2) is 33.4 Å². The summed E-state index contributed by atoms with van der Waals surface area (Å²) >= 11 is 4.53. The summed E-state index contributed by atoms with van der Waals surface area (Å²) in [6, 6.07) is 4.56. The van der Waals surface area contributed by atoms with E-state index in [0.717, 1.165) is 22.0 Å². The van der Waals surface area contributed by atoms with Gasteiger partial charge < -0.3 is 5.32 Å². The van der Waals surface area contributed by atoms with E-state index < -0.39 is 22.3 Å². The molecule has 0 saturated carbocycles. The summed E-state index contributed by atoms with van der Waals surface area (Å²) in [5.74, 6) is -1.22. The quantitative estimate of drug-likeness (QED) is 0.679. The van der Waals surface area contributed by atoms with Gasteiger partial charge >= 0.3 is 0 Å². The van der Waals surface area contributed by atoms with E-state index in [0.29, 0.717) is 5.56 Å². The smallest absolute Gasteiger partial charge is 0.295 e. The van der Waals surface area contributed by atoms with E-state index in [1.165, 1.54) is 11.3 Å². The van der Waals surface area contributed by atoms with Gasteiger partial charge in [0, 0.05) is 5.38 Å². The van der Waals surface area contributed by atoms with E-state index in [1.54, 1.807) is 11.4 Å². The number of nitro groups is 1. The summed E-state index contributed by atoms with van der Waals surface area (Å²) in [4.78, 5) is 21.9. The van der Waals surface area contributed by atoms with Crippen LogP contribution >= 0.6 is 27.3 Å². The predicted octanol–water partition coefficient (Wildman–Crippen LogP) is 3.81. The van der Waals surface area contributed by atoms with Gasteiger partial charge in [-0.15, -0.1) is 11.3 Å². The first kappa shape index (κ1) is 13.6. The number of hydrogen-bond acceptors (Lipinski definition) is 4. The largest absolute Gasteiger partial charge is 0.316 e. The summed E-state index contributed by atoms with van der Waals surface area (Å²) in [5.41, 5.74) is -0.156. The number of carbonyl (C=O) groups excluding carboxylic acids is 1. The number of halogens is 2. The topological polar surface area (TPSA) is 72.2 Å². The van der Waals surface area contributed by atoms with Gasteiger partial charge in [0.15, 0.2) is 0 Å². The van der Waals surface area contributed by atoms with Gasteiger partial charge in [-0.3, -0.25) is 14.9 Å². The van der Waals surface area contributed by atoms with E-state index in [1.807, 2.05) is 0 Å². The zero-order valence-electron chi connectivity index (χ0n) is 9.22. The van der Waals surface area contributed by atoms with Gasteiger partial charge in [-0.25, -0.2) is 4.39 Å². The Hall–Kier alpha value is -1.80. The second-order valence-corrected chi connectivity index (χ2v) is 5.80. The van der Waals surface area contributed by atoms with Crippen molar-refractivity contribution in [3.05, 3.63) is 54.9 Å². The van der Waals surface area contributed by atoms with Crippen LogP contribution in [0.25, 0.3) is 0 Å². The van der Waals surface area contributed by atoms with E-state index in [9.17, 15) is 19.3 Å². The van der Waals surface area contributed by atoms with Crippen LogP contribution in [0, 0.1) is 15.9 Å². The van der Waals surface area contributed by atoms with Crippen molar-refractivity contribution in [3.8, 4) is 0 Å². The van der Waals surface area contributed by atoms with E-state index >= 15 is 0 Å². The molecule has 5 nitrogen and oxygen atoms in total. The molecule has 0 aliphatic rings. The molecule has 0 saturated heterocycles. The van der Waals surface area contributed by atoms with Gasteiger partial charge in [-0.05, 0) is 34.1 Å². The second kappa shape index (κ2) is 5.45. The van der Waals surface area contributed by atoms with E-state index in [2.05, 4.69) is 21.2 Å². The number of thiophene rings is 1. The van der Waals surface area contributed by atoms with Crippen LogP contribution in [0.4, 0.5) is 15.8 Å². The van der Waals surface area contributed by atoms with Gasteiger partial charge in [0.05, 0.1) is 20.3 Å². The molecule has 19 heavy (non-hydrogen) atoms. The molecule has 0 radical (unpaired) electrons. The highest BCUT2D eigenvalue weighted by atomic mass is 79.9. The maximum Gasteiger partial charge on any atom is 0.295 e. The molecule has 0 fully saturated rings. The number of anilines is 1. The van der Waals surface area contributed by atoms with Gasteiger partial charge in [-0.2, -0.15) is 0 Å². The Morgan fingerprint density at radius 3 is 2.74 bits per heavy atom. The molecule has 0 atom stereocenters. The molecule has 0 aliphatic heterocycles. The number of nitrogens with one attached hydrogen (secondary N) is 1. The molecule has 2 aromatic rings. The van der Waals surface area contributed by atoms with Gasteiger partial charge in [0.1, 0.15) is 11.5 Å². The lowest BCUT2D eigenvalue weighted by molar-refractivity contribution is -0.384. The summed E-state index contributed by atoms with van der Waals surface area (Å²) in [5, 5.41) is 14.8. The van der Waals surface area contributed by atoms with Crippen LogP contribution < -0.4 is 5.32 Å². The fourth-order valence-corrected chi connectivity index (χ4v) is 2.52. The van der Waals surface area contributed by atoms with Crippen molar-refractivity contribution in [2.45, 2.75) is 0 Å². The zero-order valence-corrected chi connectivity index (χ0v) is 11.6. The minimum Gasteiger partial charge on any atom is -0.316 e. The van der Waals surface area contributed by atoms with Crippen molar-refractivity contribution >= 4 is 44.5 Å². The van der Waals surface area contributed by atoms with Crippen LogP contribution in [0.1, 0.15) is 10.4 Å².